The zero-order chi connectivity index (χ0) is 13.4. The lowest BCUT2D eigenvalue weighted by Crippen LogP contribution is -2.22. The van der Waals surface area contributed by atoms with Gasteiger partial charge in [-0.25, -0.2) is 0 Å². The number of benzene rings is 1. The fraction of sp³-hybridized carbons (Fsp3) is 0.0909. The van der Waals surface area contributed by atoms with Gasteiger partial charge in [0.25, 0.3) is 11.1 Å². The van der Waals surface area contributed by atoms with E-state index in [0.29, 0.717) is 14.9 Å². The zero-order valence-corrected chi connectivity index (χ0v) is 13.1. The highest BCUT2D eigenvalue weighted by Gasteiger charge is 2.32. The van der Waals surface area contributed by atoms with Gasteiger partial charge in [0.2, 0.25) is 0 Å². The third-order valence-corrected chi connectivity index (χ3v) is 4.35. The van der Waals surface area contributed by atoms with Gasteiger partial charge in [-0.05, 0) is 45.9 Å². The minimum Gasteiger partial charge on any atom is -0.506 e. The summed E-state index contributed by atoms with van der Waals surface area (Å²) in [6.07, 6.45) is 1.50. The van der Waals surface area contributed by atoms with Crippen LogP contribution in [0.1, 0.15) is 5.56 Å². The summed E-state index contributed by atoms with van der Waals surface area (Å²) >= 11 is 7.36. The molecule has 1 aromatic rings. The highest BCUT2D eigenvalue weighted by Crippen LogP contribution is 2.36. The van der Waals surface area contributed by atoms with Crippen molar-refractivity contribution in [1.29, 1.82) is 0 Å². The molecule has 1 N–H and O–H groups in total. The van der Waals surface area contributed by atoms with Gasteiger partial charge < -0.3 is 5.11 Å². The van der Waals surface area contributed by atoms with E-state index in [1.807, 2.05) is 0 Å². The van der Waals surface area contributed by atoms with E-state index in [-0.39, 0.29) is 16.9 Å². The van der Waals surface area contributed by atoms with Crippen LogP contribution in [0.25, 0.3) is 6.08 Å². The van der Waals surface area contributed by atoms with Crippen molar-refractivity contribution in [2.24, 2.45) is 0 Å². The number of hydrogen-bond donors (Lipinski definition) is 1. The lowest BCUT2D eigenvalue weighted by Gasteiger charge is -2.04. The molecule has 4 nitrogen and oxygen atoms in total. The number of phenols is 1. The summed E-state index contributed by atoms with van der Waals surface area (Å²) in [7, 11) is 1.43. The van der Waals surface area contributed by atoms with E-state index in [1.54, 1.807) is 12.1 Å². The quantitative estimate of drug-likeness (QED) is 0.742. The van der Waals surface area contributed by atoms with Crippen molar-refractivity contribution in [3.8, 4) is 5.75 Å². The maximum atomic E-state index is 11.7. The number of carbonyl (C=O) groups excluding carboxylic acids is 2. The molecule has 0 spiro atoms. The molecule has 0 unspecified atom stereocenters. The Morgan fingerprint density at radius 1 is 1.33 bits per heavy atom. The van der Waals surface area contributed by atoms with Gasteiger partial charge in [-0.1, -0.05) is 15.9 Å². The third-order valence-electron chi connectivity index (χ3n) is 2.33. The molecule has 0 aliphatic carbocycles. The second-order valence-electron chi connectivity index (χ2n) is 3.57. The molecule has 1 aliphatic rings. The molecule has 1 heterocycles. The summed E-state index contributed by atoms with van der Waals surface area (Å²) in [6.45, 7) is 0. The van der Waals surface area contributed by atoms with Crippen molar-refractivity contribution in [2.45, 2.75) is 0 Å². The molecule has 0 bridgehead atoms. The van der Waals surface area contributed by atoms with Gasteiger partial charge >= 0.3 is 0 Å². The number of rotatable bonds is 1. The van der Waals surface area contributed by atoms with Gasteiger partial charge in [0.05, 0.1) is 9.38 Å². The number of thioether (sulfide) groups is 1. The molecule has 7 heteroatoms. The van der Waals surface area contributed by atoms with Crippen molar-refractivity contribution in [3.63, 3.8) is 0 Å². The molecule has 0 radical (unpaired) electrons. The van der Waals surface area contributed by atoms with Crippen molar-refractivity contribution in [3.05, 3.63) is 31.5 Å². The van der Waals surface area contributed by atoms with Gasteiger partial charge in [0.15, 0.2) is 0 Å². The average Bonchev–Trinajstić information content (AvgIpc) is 2.53. The molecule has 1 fully saturated rings. The second-order valence-corrected chi connectivity index (χ2v) is 6.33. The normalized spacial score (nSPS) is 17.9. The maximum absolute atomic E-state index is 11.7. The summed E-state index contributed by atoms with van der Waals surface area (Å²) in [5.41, 5.74) is 0.468. The average molecular weight is 393 g/mol. The Bertz CT molecular complexity index is 586. The number of imide groups is 1. The molecule has 0 aromatic heterocycles. The molecular weight excluding hydrogens is 386 g/mol. The fourth-order valence-electron chi connectivity index (χ4n) is 1.38. The van der Waals surface area contributed by atoms with Gasteiger partial charge in [0.1, 0.15) is 5.75 Å². The first kappa shape index (κ1) is 13.6. The van der Waals surface area contributed by atoms with Gasteiger partial charge in [0, 0.05) is 17.1 Å². The minimum absolute atomic E-state index is 0.0288. The topological polar surface area (TPSA) is 57.6 Å². The molecular formula is C11H7Br2NO3S. The molecule has 18 heavy (non-hydrogen) atoms. The van der Waals surface area contributed by atoms with E-state index in [4.69, 9.17) is 0 Å². The molecule has 0 saturated carbocycles. The molecule has 94 valence electrons. The monoisotopic (exact) mass is 391 g/mol. The van der Waals surface area contributed by atoms with Crippen molar-refractivity contribution in [2.75, 3.05) is 7.05 Å². The van der Waals surface area contributed by atoms with E-state index in [0.717, 1.165) is 21.1 Å². The Morgan fingerprint density at radius 2 is 2.00 bits per heavy atom. The Balaban J connectivity index is 2.46. The molecule has 1 aromatic carbocycles. The van der Waals surface area contributed by atoms with Crippen LogP contribution >= 0.6 is 43.6 Å². The van der Waals surface area contributed by atoms with E-state index in [1.165, 1.54) is 13.1 Å². The predicted octanol–water partition coefficient (Wildman–Crippen LogP) is 3.58. The van der Waals surface area contributed by atoms with Crippen LogP contribution in [0.5, 0.6) is 5.75 Å². The fourth-order valence-corrected chi connectivity index (χ4v) is 3.46. The van der Waals surface area contributed by atoms with E-state index in [2.05, 4.69) is 31.9 Å². The summed E-state index contributed by atoms with van der Waals surface area (Å²) in [4.78, 5) is 24.4. The Kier molecular flexibility index (Phi) is 3.84. The number of carbonyl (C=O) groups is 2. The molecule has 2 amide bonds. The SMILES string of the molecule is CN1C(=O)S/C(=C\c2cc(Br)cc(Br)c2O)C1=O. The molecule has 2 rings (SSSR count). The largest absolute Gasteiger partial charge is 0.506 e. The first-order valence-electron chi connectivity index (χ1n) is 4.79. The number of nitrogens with zero attached hydrogens (tertiary/aromatic N) is 1. The van der Waals surface area contributed by atoms with E-state index >= 15 is 0 Å². The van der Waals surface area contributed by atoms with Crippen LogP contribution in [0.2, 0.25) is 0 Å². The van der Waals surface area contributed by atoms with Crippen LogP contribution in [0.15, 0.2) is 26.0 Å². The Labute approximate surface area is 124 Å². The molecule has 0 atom stereocenters. The van der Waals surface area contributed by atoms with Crippen LogP contribution in [-0.4, -0.2) is 28.2 Å². The highest BCUT2D eigenvalue weighted by molar-refractivity contribution is 9.11. The van der Waals surface area contributed by atoms with Crippen LogP contribution in [0, 0.1) is 0 Å². The Hall–Kier alpha value is -0.790. The first-order valence-corrected chi connectivity index (χ1v) is 7.20. The third kappa shape index (κ3) is 2.48. The number of phenolic OH excluding ortho intramolecular Hbond substituents is 1. The number of hydrogen-bond acceptors (Lipinski definition) is 4. The maximum Gasteiger partial charge on any atom is 0.293 e. The number of amides is 2. The molecule has 1 aliphatic heterocycles. The van der Waals surface area contributed by atoms with Crippen molar-refractivity contribution < 1.29 is 14.7 Å². The lowest BCUT2D eigenvalue weighted by molar-refractivity contribution is -0.121. The number of likely N-dealkylation sites (N-methyl/N-ethyl adjacent to an activating group) is 1. The summed E-state index contributed by atoms with van der Waals surface area (Å²) in [5.74, 6) is -0.332. The van der Waals surface area contributed by atoms with Crippen LogP contribution < -0.4 is 0 Å². The molecule has 1 saturated heterocycles. The summed E-state index contributed by atoms with van der Waals surface area (Å²) < 4.78 is 1.27. The lowest BCUT2D eigenvalue weighted by atomic mass is 10.2. The van der Waals surface area contributed by atoms with Crippen molar-refractivity contribution in [1.82, 2.24) is 4.90 Å². The number of halogens is 2. The van der Waals surface area contributed by atoms with Gasteiger partial charge in [-0.15, -0.1) is 0 Å². The smallest absolute Gasteiger partial charge is 0.293 e. The summed E-state index contributed by atoms with van der Waals surface area (Å²) in [5, 5.41) is 9.55. The number of aromatic hydroxyl groups is 1. The van der Waals surface area contributed by atoms with Crippen LogP contribution in [-0.2, 0) is 4.79 Å². The summed E-state index contributed by atoms with van der Waals surface area (Å²) in [6, 6.07) is 3.36. The van der Waals surface area contributed by atoms with Crippen molar-refractivity contribution >= 4 is 60.8 Å². The van der Waals surface area contributed by atoms with Gasteiger partial charge in [-0.3, -0.25) is 14.5 Å². The van der Waals surface area contributed by atoms with E-state index in [9.17, 15) is 14.7 Å². The minimum atomic E-state index is -0.361. The van der Waals surface area contributed by atoms with E-state index < -0.39 is 0 Å². The van der Waals surface area contributed by atoms with Crippen LogP contribution in [0.3, 0.4) is 0 Å². The standard InChI is InChI=1S/C11H7Br2NO3S/c1-14-10(16)8(18-11(14)17)3-5-2-6(12)4-7(13)9(5)15/h2-4,15H,1H3/b8-3-. The highest BCUT2D eigenvalue weighted by atomic mass is 79.9. The first-order chi connectivity index (χ1) is 8.40. The second kappa shape index (κ2) is 5.07. The predicted molar refractivity (Wildman–Crippen MR) is 77.2 cm³/mol. The van der Waals surface area contributed by atoms with Gasteiger partial charge in [-0.2, -0.15) is 0 Å². The van der Waals surface area contributed by atoms with Crippen LogP contribution in [0.4, 0.5) is 4.79 Å². The Morgan fingerprint density at radius 3 is 2.56 bits per heavy atom. The zero-order valence-electron chi connectivity index (χ0n) is 9.11.